The number of halogens is 2. The van der Waals surface area contributed by atoms with E-state index in [2.05, 4.69) is 10.1 Å². The zero-order valence-electron chi connectivity index (χ0n) is 18.6. The number of aromatic nitrogens is 1. The quantitative estimate of drug-likeness (QED) is 0.401. The predicted molar refractivity (Wildman–Crippen MR) is 120 cm³/mol. The standard InChI is InChI=1S/C25H23F2N3O4/c1-15-12-20(16(2)30(15)18-8-10-19(11-9-18)34-24(26)27)22(31)14-29-23(32)21(28-25(29)33)13-17-6-4-3-5-7-17/h3-12,21,24H,13-14H2,1-2H3,(H,28,33). The number of aryl methyl sites for hydroxylation is 1. The minimum Gasteiger partial charge on any atom is -0.435 e. The number of benzene rings is 2. The molecule has 0 saturated carbocycles. The Labute approximate surface area is 194 Å². The number of rotatable bonds is 8. The molecule has 34 heavy (non-hydrogen) atoms. The normalized spacial score (nSPS) is 15.7. The number of ether oxygens (including phenoxy) is 1. The number of amides is 3. The Balaban J connectivity index is 1.49. The molecule has 0 spiro atoms. The molecule has 0 bridgehead atoms. The maximum Gasteiger partial charge on any atom is 0.387 e. The molecule has 9 heteroatoms. The molecule has 2 heterocycles. The number of nitrogens with one attached hydrogen (secondary N) is 1. The second-order valence-corrected chi connectivity index (χ2v) is 8.03. The van der Waals surface area contributed by atoms with Gasteiger partial charge < -0.3 is 14.6 Å². The first kappa shape index (κ1) is 23.2. The fraction of sp³-hybridized carbons (Fsp3) is 0.240. The van der Waals surface area contributed by atoms with Gasteiger partial charge in [-0.25, -0.2) is 4.79 Å². The first-order valence-corrected chi connectivity index (χ1v) is 10.7. The van der Waals surface area contributed by atoms with Gasteiger partial charge in [0, 0.05) is 29.1 Å². The third-order valence-corrected chi connectivity index (χ3v) is 5.74. The number of urea groups is 1. The molecule has 176 valence electrons. The summed E-state index contributed by atoms with van der Waals surface area (Å²) in [6.07, 6.45) is 0.343. The predicted octanol–water partition coefficient (Wildman–Crippen LogP) is 4.04. The summed E-state index contributed by atoms with van der Waals surface area (Å²) in [5.74, 6) is -0.785. The average molecular weight is 467 g/mol. The smallest absolute Gasteiger partial charge is 0.387 e. The monoisotopic (exact) mass is 467 g/mol. The number of hydrogen-bond acceptors (Lipinski definition) is 4. The molecule has 1 aliphatic rings. The largest absolute Gasteiger partial charge is 0.435 e. The number of alkyl halides is 2. The van der Waals surface area contributed by atoms with Crippen LogP contribution in [0.5, 0.6) is 5.75 Å². The van der Waals surface area contributed by atoms with Crippen LogP contribution in [0.25, 0.3) is 5.69 Å². The van der Waals surface area contributed by atoms with Crippen molar-refractivity contribution in [1.82, 2.24) is 14.8 Å². The van der Waals surface area contributed by atoms with Gasteiger partial charge in [-0.2, -0.15) is 8.78 Å². The van der Waals surface area contributed by atoms with Gasteiger partial charge in [-0.1, -0.05) is 30.3 Å². The first-order chi connectivity index (χ1) is 16.2. The molecular weight excluding hydrogens is 444 g/mol. The molecule has 0 radical (unpaired) electrons. The molecule has 3 amide bonds. The van der Waals surface area contributed by atoms with Crippen LogP contribution in [0.4, 0.5) is 13.6 Å². The Morgan fingerprint density at radius 2 is 1.74 bits per heavy atom. The maximum atomic E-state index is 13.1. The summed E-state index contributed by atoms with van der Waals surface area (Å²) in [7, 11) is 0. The minimum atomic E-state index is -2.91. The topological polar surface area (TPSA) is 80.6 Å². The van der Waals surface area contributed by atoms with E-state index in [1.54, 1.807) is 36.6 Å². The number of nitrogens with zero attached hydrogens (tertiary/aromatic N) is 2. The van der Waals surface area contributed by atoms with Crippen LogP contribution in [-0.2, 0) is 11.2 Å². The summed E-state index contributed by atoms with van der Waals surface area (Å²) in [5.41, 5.74) is 3.29. The van der Waals surface area contributed by atoms with E-state index in [4.69, 9.17) is 0 Å². The Bertz CT molecular complexity index is 1220. The molecule has 1 aromatic heterocycles. The Hall–Kier alpha value is -4.01. The number of ketones is 1. The molecular formula is C25H23F2N3O4. The van der Waals surface area contributed by atoms with Gasteiger partial charge in [0.2, 0.25) is 0 Å². The number of carbonyl (C=O) groups is 3. The van der Waals surface area contributed by atoms with Crippen molar-refractivity contribution in [2.45, 2.75) is 32.9 Å². The van der Waals surface area contributed by atoms with Gasteiger partial charge in [-0.05, 0) is 49.7 Å². The summed E-state index contributed by atoms with van der Waals surface area (Å²) in [5, 5.41) is 2.65. The van der Waals surface area contributed by atoms with Crippen LogP contribution in [0, 0.1) is 13.8 Å². The molecule has 2 aromatic carbocycles. The van der Waals surface area contributed by atoms with Crippen LogP contribution in [-0.4, -0.2) is 46.4 Å². The molecule has 1 saturated heterocycles. The molecule has 1 fully saturated rings. The molecule has 0 aliphatic carbocycles. The average Bonchev–Trinajstić information content (AvgIpc) is 3.24. The van der Waals surface area contributed by atoms with Crippen molar-refractivity contribution in [3.63, 3.8) is 0 Å². The van der Waals surface area contributed by atoms with Crippen LogP contribution >= 0.6 is 0 Å². The van der Waals surface area contributed by atoms with Gasteiger partial charge in [0.05, 0.1) is 6.54 Å². The number of imide groups is 1. The molecule has 1 N–H and O–H groups in total. The maximum absolute atomic E-state index is 13.1. The molecule has 3 aromatic rings. The van der Waals surface area contributed by atoms with Crippen molar-refractivity contribution >= 4 is 17.7 Å². The zero-order valence-corrected chi connectivity index (χ0v) is 18.6. The second kappa shape index (κ2) is 9.46. The third kappa shape index (κ3) is 4.68. The summed E-state index contributed by atoms with van der Waals surface area (Å²) >= 11 is 0. The third-order valence-electron chi connectivity index (χ3n) is 5.74. The lowest BCUT2D eigenvalue weighted by molar-refractivity contribution is -0.127. The van der Waals surface area contributed by atoms with Crippen molar-refractivity contribution < 1.29 is 27.9 Å². The number of hydrogen-bond donors (Lipinski definition) is 1. The van der Waals surface area contributed by atoms with Gasteiger partial charge in [-0.15, -0.1) is 0 Å². The fourth-order valence-electron chi connectivity index (χ4n) is 4.16. The van der Waals surface area contributed by atoms with E-state index < -0.39 is 24.6 Å². The lowest BCUT2D eigenvalue weighted by atomic mass is 10.1. The first-order valence-electron chi connectivity index (χ1n) is 10.7. The van der Waals surface area contributed by atoms with Crippen molar-refractivity contribution in [2.24, 2.45) is 0 Å². The summed E-state index contributed by atoms with van der Waals surface area (Å²) in [6, 6.07) is 15.7. The summed E-state index contributed by atoms with van der Waals surface area (Å²) < 4.78 is 31.0. The highest BCUT2D eigenvalue weighted by Crippen LogP contribution is 2.24. The highest BCUT2D eigenvalue weighted by Gasteiger charge is 2.39. The highest BCUT2D eigenvalue weighted by molar-refractivity contribution is 6.09. The molecule has 1 aliphatic heterocycles. The van der Waals surface area contributed by atoms with E-state index in [1.807, 2.05) is 30.3 Å². The molecule has 1 unspecified atom stereocenters. The van der Waals surface area contributed by atoms with Crippen LogP contribution in [0.15, 0.2) is 60.7 Å². The van der Waals surface area contributed by atoms with E-state index in [9.17, 15) is 23.2 Å². The van der Waals surface area contributed by atoms with Crippen molar-refractivity contribution in [1.29, 1.82) is 0 Å². The molecule has 1 atom stereocenters. The van der Waals surface area contributed by atoms with Crippen LogP contribution in [0.1, 0.15) is 27.3 Å². The van der Waals surface area contributed by atoms with E-state index in [0.29, 0.717) is 23.4 Å². The second-order valence-electron chi connectivity index (χ2n) is 8.03. The molecule has 4 rings (SSSR count). The number of carbonyl (C=O) groups excluding carboxylic acids is 3. The lowest BCUT2D eigenvalue weighted by Gasteiger charge is -2.13. The summed E-state index contributed by atoms with van der Waals surface area (Å²) in [4.78, 5) is 39.2. The highest BCUT2D eigenvalue weighted by atomic mass is 19.3. The van der Waals surface area contributed by atoms with E-state index >= 15 is 0 Å². The molecule has 7 nitrogen and oxygen atoms in total. The lowest BCUT2D eigenvalue weighted by Crippen LogP contribution is -2.36. The Morgan fingerprint density at radius 3 is 2.38 bits per heavy atom. The van der Waals surface area contributed by atoms with Gasteiger partial charge >= 0.3 is 12.6 Å². The van der Waals surface area contributed by atoms with E-state index in [0.717, 1.165) is 16.2 Å². The van der Waals surface area contributed by atoms with Crippen LogP contribution in [0.2, 0.25) is 0 Å². The van der Waals surface area contributed by atoms with Crippen molar-refractivity contribution in [3.05, 3.63) is 83.2 Å². The Morgan fingerprint density at radius 1 is 1.06 bits per heavy atom. The number of Topliss-reactive ketones (excluding diaryl/α,β-unsaturated/α-hetero) is 1. The Kier molecular flexibility index (Phi) is 6.45. The SMILES string of the molecule is Cc1cc(C(=O)CN2C(=O)NC(Cc3ccccc3)C2=O)c(C)n1-c1ccc(OC(F)F)cc1. The van der Waals surface area contributed by atoms with Gasteiger partial charge in [-0.3, -0.25) is 14.5 Å². The van der Waals surface area contributed by atoms with Crippen LogP contribution in [0.3, 0.4) is 0 Å². The van der Waals surface area contributed by atoms with E-state index in [1.165, 1.54) is 12.1 Å². The minimum absolute atomic E-state index is 0.0288. The van der Waals surface area contributed by atoms with Crippen molar-refractivity contribution in [3.8, 4) is 11.4 Å². The fourth-order valence-corrected chi connectivity index (χ4v) is 4.16. The van der Waals surface area contributed by atoms with Gasteiger partial charge in [0.15, 0.2) is 5.78 Å². The van der Waals surface area contributed by atoms with Gasteiger partial charge in [0.25, 0.3) is 5.91 Å². The van der Waals surface area contributed by atoms with Crippen molar-refractivity contribution in [2.75, 3.05) is 6.54 Å². The van der Waals surface area contributed by atoms with Crippen LogP contribution < -0.4 is 10.1 Å². The summed E-state index contributed by atoms with van der Waals surface area (Å²) in [6.45, 7) is 0.259. The zero-order chi connectivity index (χ0) is 24.4. The van der Waals surface area contributed by atoms with Gasteiger partial charge in [0.1, 0.15) is 11.8 Å². The van der Waals surface area contributed by atoms with E-state index in [-0.39, 0.29) is 18.1 Å².